The van der Waals surface area contributed by atoms with Gasteiger partial charge in [0, 0.05) is 12.0 Å². The molecule has 0 amide bonds. The van der Waals surface area contributed by atoms with Crippen LogP contribution in [0, 0.1) is 0 Å². The Morgan fingerprint density at radius 2 is 2.15 bits per heavy atom. The van der Waals surface area contributed by atoms with Gasteiger partial charge in [0.2, 0.25) is 0 Å². The van der Waals surface area contributed by atoms with Crippen LogP contribution in [0.1, 0.15) is 50.8 Å². The monoisotopic (exact) mass is 275 g/mol. The first kappa shape index (κ1) is 13.9. The third-order valence-electron chi connectivity index (χ3n) is 3.96. The van der Waals surface area contributed by atoms with E-state index >= 15 is 0 Å². The molecule has 1 aromatic carbocycles. The highest BCUT2D eigenvalue weighted by Crippen LogP contribution is 2.37. The summed E-state index contributed by atoms with van der Waals surface area (Å²) in [5.41, 5.74) is 9.00. The molecular formula is C15H22BNO3. The minimum atomic E-state index is -0.373. The average Bonchev–Trinajstić information content (AvgIpc) is 2.67. The van der Waals surface area contributed by atoms with Gasteiger partial charge in [0.25, 0.3) is 0 Å². The Kier molecular flexibility index (Phi) is 3.31. The van der Waals surface area contributed by atoms with Crippen molar-refractivity contribution in [2.75, 3.05) is 13.2 Å². The molecule has 3 rings (SSSR count). The average molecular weight is 275 g/mol. The minimum Gasteiger partial charge on any atom is -0.491 e. The van der Waals surface area contributed by atoms with Crippen LogP contribution in [0.3, 0.4) is 0 Å². The van der Waals surface area contributed by atoms with Gasteiger partial charge in [-0.1, -0.05) is 19.9 Å². The first-order valence-corrected chi connectivity index (χ1v) is 7.26. The second-order valence-electron chi connectivity index (χ2n) is 6.49. The van der Waals surface area contributed by atoms with Crippen molar-refractivity contribution in [2.24, 2.45) is 5.73 Å². The molecule has 0 radical (unpaired) electrons. The van der Waals surface area contributed by atoms with Gasteiger partial charge in [0.15, 0.2) is 0 Å². The molecule has 20 heavy (non-hydrogen) atoms. The summed E-state index contributed by atoms with van der Waals surface area (Å²) in [5, 5.41) is 0. The predicted molar refractivity (Wildman–Crippen MR) is 79.5 cm³/mol. The normalized spacial score (nSPS) is 23.5. The van der Waals surface area contributed by atoms with Crippen LogP contribution in [0.5, 0.6) is 5.75 Å². The Labute approximate surface area is 120 Å². The second-order valence-corrected chi connectivity index (χ2v) is 6.49. The van der Waals surface area contributed by atoms with E-state index in [9.17, 15) is 0 Å². The summed E-state index contributed by atoms with van der Waals surface area (Å²) >= 11 is 0. The van der Waals surface area contributed by atoms with E-state index in [-0.39, 0.29) is 18.8 Å². The first-order valence-electron chi connectivity index (χ1n) is 7.26. The molecule has 0 unspecified atom stereocenters. The molecule has 2 aliphatic rings. The van der Waals surface area contributed by atoms with Crippen LogP contribution >= 0.6 is 0 Å². The molecule has 0 bridgehead atoms. The van der Waals surface area contributed by atoms with E-state index in [1.807, 2.05) is 19.9 Å². The fourth-order valence-electron chi connectivity index (χ4n) is 2.99. The Bertz CT molecular complexity index is 530. The number of ether oxygens (including phenoxy) is 1. The van der Waals surface area contributed by atoms with E-state index in [0.717, 1.165) is 11.2 Å². The number of nitrogens with two attached hydrogens (primary N) is 1. The molecular weight excluding hydrogens is 253 g/mol. The van der Waals surface area contributed by atoms with Crippen molar-refractivity contribution < 1.29 is 14.0 Å². The van der Waals surface area contributed by atoms with Crippen molar-refractivity contribution in [1.29, 1.82) is 0 Å². The van der Waals surface area contributed by atoms with Crippen LogP contribution in [0.15, 0.2) is 12.1 Å². The number of benzene rings is 1. The molecule has 108 valence electrons. The molecule has 0 spiro atoms. The van der Waals surface area contributed by atoms with Crippen molar-refractivity contribution >= 4 is 12.6 Å². The lowest BCUT2D eigenvalue weighted by Gasteiger charge is -2.25. The maximum Gasteiger partial charge on any atom is 0.499 e. The zero-order valence-electron chi connectivity index (χ0n) is 12.6. The Morgan fingerprint density at radius 1 is 1.40 bits per heavy atom. The summed E-state index contributed by atoms with van der Waals surface area (Å²) in [5.74, 6) is 1.29. The summed E-state index contributed by atoms with van der Waals surface area (Å²) < 4.78 is 18.1. The molecule has 5 heteroatoms. The van der Waals surface area contributed by atoms with E-state index in [1.54, 1.807) is 0 Å². The van der Waals surface area contributed by atoms with Gasteiger partial charge in [-0.15, -0.1) is 0 Å². The van der Waals surface area contributed by atoms with Gasteiger partial charge < -0.3 is 19.8 Å². The van der Waals surface area contributed by atoms with Crippen molar-refractivity contribution in [3.05, 3.63) is 23.3 Å². The fourth-order valence-corrected chi connectivity index (χ4v) is 2.99. The van der Waals surface area contributed by atoms with E-state index in [0.29, 0.717) is 19.1 Å². The van der Waals surface area contributed by atoms with Gasteiger partial charge in [-0.2, -0.15) is 0 Å². The highest BCUT2D eigenvalue weighted by atomic mass is 16.6. The van der Waals surface area contributed by atoms with Crippen LogP contribution in [0.25, 0.3) is 0 Å². The zero-order valence-corrected chi connectivity index (χ0v) is 12.6. The van der Waals surface area contributed by atoms with E-state index in [1.165, 1.54) is 11.1 Å². The molecule has 0 saturated heterocycles. The molecule has 0 saturated carbocycles. The highest BCUT2D eigenvalue weighted by Gasteiger charge is 2.46. The van der Waals surface area contributed by atoms with Crippen molar-refractivity contribution in [2.45, 2.75) is 45.3 Å². The highest BCUT2D eigenvalue weighted by molar-refractivity contribution is 6.64. The molecule has 0 aromatic heterocycles. The molecule has 4 nitrogen and oxygen atoms in total. The molecule has 0 fully saturated rings. The minimum absolute atomic E-state index is 0.107. The number of hydrogen-bond donors (Lipinski definition) is 1. The maximum atomic E-state index is 6.09. The van der Waals surface area contributed by atoms with Crippen molar-refractivity contribution in [1.82, 2.24) is 0 Å². The Hall–Kier alpha value is -1.04. The summed E-state index contributed by atoms with van der Waals surface area (Å²) in [6.45, 7) is 9.37. The van der Waals surface area contributed by atoms with Crippen LogP contribution < -0.4 is 15.9 Å². The number of hydrogen-bond acceptors (Lipinski definition) is 4. The lowest BCUT2D eigenvalue weighted by atomic mass is 9.75. The topological polar surface area (TPSA) is 53.7 Å². The van der Waals surface area contributed by atoms with Crippen LogP contribution in [-0.4, -0.2) is 25.9 Å². The molecule has 2 aliphatic heterocycles. The smallest absolute Gasteiger partial charge is 0.491 e. The number of rotatable bonds is 2. The van der Waals surface area contributed by atoms with Crippen molar-refractivity contribution in [3.8, 4) is 5.75 Å². The molecule has 1 atom stereocenters. The van der Waals surface area contributed by atoms with Gasteiger partial charge in [0.05, 0.1) is 11.7 Å². The van der Waals surface area contributed by atoms with E-state index in [2.05, 4.69) is 19.9 Å². The van der Waals surface area contributed by atoms with Crippen LogP contribution in [-0.2, 0) is 9.31 Å². The Morgan fingerprint density at radius 3 is 2.80 bits per heavy atom. The lowest BCUT2D eigenvalue weighted by molar-refractivity contribution is 0.0281. The van der Waals surface area contributed by atoms with Crippen LogP contribution in [0.2, 0.25) is 0 Å². The summed E-state index contributed by atoms with van der Waals surface area (Å²) in [6.07, 6.45) is -0.107. The van der Waals surface area contributed by atoms with Gasteiger partial charge in [0.1, 0.15) is 12.4 Å². The molecule has 2 N–H and O–H groups in total. The van der Waals surface area contributed by atoms with Gasteiger partial charge in [-0.25, -0.2) is 0 Å². The van der Waals surface area contributed by atoms with Crippen LogP contribution in [0.4, 0.5) is 0 Å². The fraction of sp³-hybridized carbons (Fsp3) is 0.600. The molecule has 2 heterocycles. The largest absolute Gasteiger partial charge is 0.499 e. The molecule has 0 aliphatic carbocycles. The standard InChI is InChI=1S/C15H22BNO3/c1-9(2)10-5-6-11-14-13(10)12(7-17)19-16(14)20-15(3,4)8-18-11/h5-6,9,12H,7-8,17H2,1-4H3/t12-/m1/s1. The first-order chi connectivity index (χ1) is 9.43. The maximum absolute atomic E-state index is 6.09. The summed E-state index contributed by atoms with van der Waals surface area (Å²) in [4.78, 5) is 0. The van der Waals surface area contributed by atoms with E-state index in [4.69, 9.17) is 19.8 Å². The molecule has 1 aromatic rings. The van der Waals surface area contributed by atoms with Crippen molar-refractivity contribution in [3.63, 3.8) is 0 Å². The van der Waals surface area contributed by atoms with Gasteiger partial charge in [-0.3, -0.25) is 0 Å². The zero-order chi connectivity index (χ0) is 14.5. The summed E-state index contributed by atoms with van der Waals surface area (Å²) in [7, 11) is -0.371. The Balaban J connectivity index is 2.15. The SMILES string of the molecule is CC(C)c1ccc2c3c1[C@@H](CN)OB3OC(C)(C)CO2. The second kappa shape index (κ2) is 4.76. The van der Waals surface area contributed by atoms with Gasteiger partial charge in [-0.05, 0) is 37.0 Å². The predicted octanol–water partition coefficient (Wildman–Crippen LogP) is 1.72. The lowest BCUT2D eigenvalue weighted by Crippen LogP contribution is -2.40. The third-order valence-corrected chi connectivity index (χ3v) is 3.96. The van der Waals surface area contributed by atoms with E-state index < -0.39 is 0 Å². The third kappa shape index (κ3) is 2.14. The quantitative estimate of drug-likeness (QED) is 0.835. The summed E-state index contributed by atoms with van der Waals surface area (Å²) in [6, 6.07) is 4.17. The van der Waals surface area contributed by atoms with Gasteiger partial charge >= 0.3 is 7.12 Å².